The largest absolute Gasteiger partial charge is 0.494 e. The highest BCUT2D eigenvalue weighted by atomic mass is 79.9. The molecule has 21 heavy (non-hydrogen) atoms. The number of alkyl halides is 1. The fourth-order valence-electron chi connectivity index (χ4n) is 2.31. The van der Waals surface area contributed by atoms with E-state index in [9.17, 15) is 8.78 Å². The predicted octanol–water partition coefficient (Wildman–Crippen LogP) is 4.77. The lowest BCUT2D eigenvalue weighted by Crippen LogP contribution is -2.10. The molecule has 4 heteroatoms. The maximum Gasteiger partial charge on any atom is 0.165 e. The molecule has 0 aliphatic carbocycles. The van der Waals surface area contributed by atoms with Gasteiger partial charge in [-0.05, 0) is 54.2 Å². The van der Waals surface area contributed by atoms with Gasteiger partial charge in [-0.15, -0.1) is 0 Å². The van der Waals surface area contributed by atoms with Crippen molar-refractivity contribution >= 4 is 15.9 Å². The molecule has 0 aliphatic rings. The third-order valence-electron chi connectivity index (χ3n) is 3.40. The van der Waals surface area contributed by atoms with Crippen LogP contribution in [0, 0.1) is 17.6 Å². The third-order valence-corrected chi connectivity index (χ3v) is 4.31. The van der Waals surface area contributed by atoms with Gasteiger partial charge in [0, 0.05) is 5.33 Å². The van der Waals surface area contributed by atoms with Crippen molar-refractivity contribution in [2.75, 3.05) is 12.4 Å². The van der Waals surface area contributed by atoms with Crippen molar-refractivity contribution in [3.8, 4) is 5.75 Å². The van der Waals surface area contributed by atoms with Gasteiger partial charge in [-0.25, -0.2) is 8.78 Å². The molecule has 0 radical (unpaired) electrons. The van der Waals surface area contributed by atoms with Crippen LogP contribution >= 0.6 is 15.9 Å². The smallest absolute Gasteiger partial charge is 0.165 e. The molecule has 0 saturated carbocycles. The summed E-state index contributed by atoms with van der Waals surface area (Å²) in [7, 11) is 1.45. The maximum absolute atomic E-state index is 13.7. The molecule has 1 nitrogen and oxygen atoms in total. The summed E-state index contributed by atoms with van der Waals surface area (Å²) in [5, 5.41) is 0.804. The number of ether oxygens (including phenoxy) is 1. The van der Waals surface area contributed by atoms with Crippen LogP contribution in [-0.4, -0.2) is 12.4 Å². The summed E-state index contributed by atoms with van der Waals surface area (Å²) in [5.74, 6) is 0.00686. The zero-order valence-corrected chi connectivity index (χ0v) is 13.4. The van der Waals surface area contributed by atoms with E-state index in [1.165, 1.54) is 25.3 Å². The summed E-state index contributed by atoms with van der Waals surface area (Å²) in [6.07, 6.45) is 1.57. The van der Waals surface area contributed by atoms with E-state index >= 15 is 0 Å². The highest BCUT2D eigenvalue weighted by molar-refractivity contribution is 9.09. The molecule has 0 aromatic heterocycles. The van der Waals surface area contributed by atoms with Crippen LogP contribution in [0.3, 0.4) is 0 Å². The van der Waals surface area contributed by atoms with Gasteiger partial charge >= 0.3 is 0 Å². The molecule has 0 saturated heterocycles. The fraction of sp³-hybridized carbons (Fsp3) is 0.294. The van der Waals surface area contributed by atoms with Gasteiger partial charge in [-0.3, -0.25) is 0 Å². The molecule has 0 amide bonds. The molecule has 0 fully saturated rings. The molecule has 0 aliphatic heterocycles. The fourth-order valence-corrected chi connectivity index (χ4v) is 2.76. The minimum absolute atomic E-state index is 0.230. The highest BCUT2D eigenvalue weighted by Gasteiger charge is 2.12. The lowest BCUT2D eigenvalue weighted by molar-refractivity contribution is 0.386. The SMILES string of the molecule is COc1ccc(CC(CBr)Cc2ccc(F)cc2)cc1F. The van der Waals surface area contributed by atoms with Crippen molar-refractivity contribution in [2.24, 2.45) is 5.92 Å². The molecule has 0 heterocycles. The van der Waals surface area contributed by atoms with Crippen molar-refractivity contribution < 1.29 is 13.5 Å². The number of hydrogen-bond donors (Lipinski definition) is 0. The average Bonchev–Trinajstić information content (AvgIpc) is 2.49. The summed E-state index contributed by atoms with van der Waals surface area (Å²) in [5.41, 5.74) is 2.01. The van der Waals surface area contributed by atoms with E-state index in [4.69, 9.17) is 4.74 Å². The molecule has 2 rings (SSSR count). The van der Waals surface area contributed by atoms with Crippen molar-refractivity contribution in [3.63, 3.8) is 0 Å². The van der Waals surface area contributed by atoms with Gasteiger partial charge in [0.25, 0.3) is 0 Å². The van der Waals surface area contributed by atoms with E-state index in [1.807, 2.05) is 6.07 Å². The Balaban J connectivity index is 2.05. The lowest BCUT2D eigenvalue weighted by Gasteiger charge is -2.15. The Labute approximate surface area is 132 Å². The first-order chi connectivity index (χ1) is 10.1. The summed E-state index contributed by atoms with van der Waals surface area (Å²) < 4.78 is 31.5. The minimum Gasteiger partial charge on any atom is -0.494 e. The van der Waals surface area contributed by atoms with Gasteiger partial charge in [0.15, 0.2) is 11.6 Å². The maximum atomic E-state index is 13.7. The zero-order chi connectivity index (χ0) is 15.2. The van der Waals surface area contributed by atoms with Gasteiger partial charge in [-0.2, -0.15) is 0 Å². The van der Waals surface area contributed by atoms with E-state index in [2.05, 4.69) is 15.9 Å². The normalized spacial score (nSPS) is 12.2. The van der Waals surface area contributed by atoms with Crippen molar-refractivity contribution in [2.45, 2.75) is 12.8 Å². The van der Waals surface area contributed by atoms with Crippen LogP contribution in [0.1, 0.15) is 11.1 Å². The van der Waals surface area contributed by atoms with Crippen LogP contribution in [0.15, 0.2) is 42.5 Å². The summed E-state index contributed by atoms with van der Waals surface area (Å²) in [6, 6.07) is 11.6. The second-order valence-corrected chi connectivity index (χ2v) is 5.67. The Morgan fingerprint density at radius 2 is 1.62 bits per heavy atom. The Bertz CT molecular complexity index is 584. The molecule has 0 N–H and O–H groups in total. The van der Waals surface area contributed by atoms with E-state index < -0.39 is 0 Å². The molecule has 2 aromatic carbocycles. The van der Waals surface area contributed by atoms with Gasteiger partial charge < -0.3 is 4.74 Å². The van der Waals surface area contributed by atoms with Crippen molar-refractivity contribution in [3.05, 3.63) is 65.2 Å². The Morgan fingerprint density at radius 1 is 1.00 bits per heavy atom. The highest BCUT2D eigenvalue weighted by Crippen LogP contribution is 2.22. The van der Waals surface area contributed by atoms with Crippen LogP contribution in [0.5, 0.6) is 5.75 Å². The average molecular weight is 355 g/mol. The van der Waals surface area contributed by atoms with E-state index in [-0.39, 0.29) is 17.4 Å². The molecular weight excluding hydrogens is 338 g/mol. The Hall–Kier alpha value is -1.42. The van der Waals surface area contributed by atoms with Crippen LogP contribution in [0.2, 0.25) is 0 Å². The van der Waals surface area contributed by atoms with Crippen molar-refractivity contribution in [1.82, 2.24) is 0 Å². The van der Waals surface area contributed by atoms with Gasteiger partial charge in [0.05, 0.1) is 7.11 Å². The predicted molar refractivity (Wildman–Crippen MR) is 84.0 cm³/mol. The molecule has 1 unspecified atom stereocenters. The second kappa shape index (κ2) is 7.55. The van der Waals surface area contributed by atoms with Gasteiger partial charge in [0.1, 0.15) is 5.82 Å². The Morgan fingerprint density at radius 3 is 2.19 bits per heavy atom. The lowest BCUT2D eigenvalue weighted by atomic mass is 9.94. The Kier molecular flexibility index (Phi) is 5.74. The molecule has 0 spiro atoms. The van der Waals surface area contributed by atoms with E-state index in [0.29, 0.717) is 5.92 Å². The van der Waals surface area contributed by atoms with Crippen LogP contribution in [-0.2, 0) is 12.8 Å². The minimum atomic E-state index is -0.342. The summed E-state index contributed by atoms with van der Waals surface area (Å²) >= 11 is 3.50. The summed E-state index contributed by atoms with van der Waals surface area (Å²) in [6.45, 7) is 0. The first-order valence-corrected chi connectivity index (χ1v) is 7.87. The molecule has 0 bridgehead atoms. The molecule has 112 valence electrons. The number of benzene rings is 2. The quantitative estimate of drug-likeness (QED) is 0.679. The molecule has 2 aromatic rings. The number of methoxy groups -OCH3 is 1. The first-order valence-electron chi connectivity index (χ1n) is 6.75. The molecular formula is C17H17BrF2O. The van der Waals surface area contributed by atoms with E-state index in [0.717, 1.165) is 29.3 Å². The summed E-state index contributed by atoms with van der Waals surface area (Å²) in [4.78, 5) is 0. The third kappa shape index (κ3) is 4.53. The molecule has 1 atom stereocenters. The number of rotatable bonds is 6. The van der Waals surface area contributed by atoms with Crippen LogP contribution in [0.4, 0.5) is 8.78 Å². The number of halogens is 3. The van der Waals surface area contributed by atoms with E-state index in [1.54, 1.807) is 18.2 Å². The van der Waals surface area contributed by atoms with Crippen LogP contribution < -0.4 is 4.74 Å². The monoisotopic (exact) mass is 354 g/mol. The van der Waals surface area contributed by atoms with Crippen molar-refractivity contribution in [1.29, 1.82) is 0 Å². The van der Waals surface area contributed by atoms with Gasteiger partial charge in [-0.1, -0.05) is 34.1 Å². The zero-order valence-electron chi connectivity index (χ0n) is 11.8. The standard InChI is InChI=1S/C17H17BrF2O/c1-21-17-7-4-13(10-16(17)20)9-14(11-18)8-12-2-5-15(19)6-3-12/h2-7,10,14H,8-9,11H2,1H3. The van der Waals surface area contributed by atoms with Gasteiger partial charge in [0.2, 0.25) is 0 Å². The van der Waals surface area contributed by atoms with Crippen LogP contribution in [0.25, 0.3) is 0 Å². The number of hydrogen-bond acceptors (Lipinski definition) is 1. The second-order valence-electron chi connectivity index (χ2n) is 5.02. The topological polar surface area (TPSA) is 9.23 Å². The first kappa shape index (κ1) is 16.0.